The van der Waals surface area contributed by atoms with Gasteiger partial charge in [0.1, 0.15) is 5.71 Å². The van der Waals surface area contributed by atoms with Gasteiger partial charge in [-0.15, -0.1) is 6.58 Å². The second-order valence-electron chi connectivity index (χ2n) is 2.75. The van der Waals surface area contributed by atoms with Crippen molar-refractivity contribution >= 4 is 11.6 Å². The highest BCUT2D eigenvalue weighted by atomic mass is 16.6. The van der Waals surface area contributed by atoms with Gasteiger partial charge in [-0.2, -0.15) is 5.10 Å². The monoisotopic (exact) mass is 183 g/mol. The molecule has 0 saturated carbocycles. The lowest BCUT2D eigenvalue weighted by Gasteiger charge is -2.14. The van der Waals surface area contributed by atoms with Crippen LogP contribution < -0.4 is 5.43 Å². The van der Waals surface area contributed by atoms with Gasteiger partial charge in [-0.3, -0.25) is 14.9 Å². The summed E-state index contributed by atoms with van der Waals surface area (Å²) in [4.78, 5) is 21.3. The van der Waals surface area contributed by atoms with E-state index >= 15 is 0 Å². The number of hydrogen-bond donors (Lipinski definition) is 1. The lowest BCUT2D eigenvalue weighted by atomic mass is 9.91. The van der Waals surface area contributed by atoms with Crippen LogP contribution in [0.15, 0.2) is 17.8 Å². The first-order valence-electron chi connectivity index (χ1n) is 3.66. The van der Waals surface area contributed by atoms with Crippen LogP contribution in [0, 0.1) is 10.1 Å². The van der Waals surface area contributed by atoms with Gasteiger partial charge in [0, 0.05) is 4.92 Å². The molecule has 1 N–H and O–H groups in total. The van der Waals surface area contributed by atoms with Gasteiger partial charge in [-0.25, -0.2) is 5.43 Å². The molecule has 0 aliphatic carbocycles. The maximum Gasteiger partial charge on any atom is 0.342 e. The second-order valence-corrected chi connectivity index (χ2v) is 2.75. The summed E-state index contributed by atoms with van der Waals surface area (Å²) in [5.41, 5.74) is 0.520. The maximum absolute atomic E-state index is 11.2. The van der Waals surface area contributed by atoms with Crippen molar-refractivity contribution in [3.63, 3.8) is 0 Å². The predicted molar refractivity (Wildman–Crippen MR) is 45.8 cm³/mol. The largest absolute Gasteiger partial charge is 0.342 e. The van der Waals surface area contributed by atoms with E-state index in [1.54, 1.807) is 0 Å². The molecule has 1 rings (SSSR count). The van der Waals surface area contributed by atoms with E-state index in [0.717, 1.165) is 0 Å². The van der Waals surface area contributed by atoms with E-state index in [2.05, 4.69) is 17.1 Å². The molecule has 1 amide bonds. The normalized spacial score (nSPS) is 26.5. The van der Waals surface area contributed by atoms with Crippen LogP contribution in [0.25, 0.3) is 0 Å². The Hall–Kier alpha value is -1.72. The molecule has 1 atom stereocenters. The number of carbonyl (C=O) groups is 1. The van der Waals surface area contributed by atoms with Crippen LogP contribution in [0.2, 0.25) is 0 Å². The van der Waals surface area contributed by atoms with E-state index < -0.39 is 16.4 Å². The number of nitro groups is 1. The summed E-state index contributed by atoms with van der Waals surface area (Å²) in [6.45, 7) is 4.83. The fourth-order valence-corrected chi connectivity index (χ4v) is 1.22. The first-order valence-corrected chi connectivity index (χ1v) is 3.66. The molecule has 0 saturated heterocycles. The maximum atomic E-state index is 11.2. The summed E-state index contributed by atoms with van der Waals surface area (Å²) < 4.78 is 0. The van der Waals surface area contributed by atoms with E-state index in [1.165, 1.54) is 13.0 Å². The molecule has 0 fully saturated rings. The Morgan fingerprint density at radius 1 is 1.85 bits per heavy atom. The number of hydrazone groups is 1. The van der Waals surface area contributed by atoms with Crippen molar-refractivity contribution in [2.24, 2.45) is 5.10 Å². The molecule has 1 aliphatic rings. The zero-order valence-electron chi connectivity index (χ0n) is 7.11. The topological polar surface area (TPSA) is 84.6 Å². The standard InChI is InChI=1S/C7H9N3O3/c1-3-4-7(10(12)13)5(2)8-9-6(7)11/h3H,1,4H2,2H3,(H,9,11). The fourth-order valence-electron chi connectivity index (χ4n) is 1.22. The number of amides is 1. The van der Waals surface area contributed by atoms with Crippen molar-refractivity contribution in [3.05, 3.63) is 22.8 Å². The van der Waals surface area contributed by atoms with Gasteiger partial charge in [0.05, 0.1) is 6.42 Å². The second kappa shape index (κ2) is 2.96. The SMILES string of the molecule is C=CCC1([N+](=O)[O-])C(=O)NN=C1C. The first kappa shape index (κ1) is 9.37. The van der Waals surface area contributed by atoms with Crippen LogP contribution in [0.5, 0.6) is 0 Å². The first-order chi connectivity index (χ1) is 6.05. The van der Waals surface area contributed by atoms with Crippen LogP contribution in [0.3, 0.4) is 0 Å². The number of carbonyl (C=O) groups excluding carboxylic acids is 1. The fraction of sp³-hybridized carbons (Fsp3) is 0.429. The molecule has 0 radical (unpaired) electrons. The van der Waals surface area contributed by atoms with Crippen LogP contribution in [0.1, 0.15) is 13.3 Å². The molecule has 1 unspecified atom stereocenters. The Morgan fingerprint density at radius 3 is 2.77 bits per heavy atom. The number of hydrogen-bond acceptors (Lipinski definition) is 4. The third-order valence-corrected chi connectivity index (χ3v) is 2.05. The lowest BCUT2D eigenvalue weighted by Crippen LogP contribution is -2.51. The summed E-state index contributed by atoms with van der Waals surface area (Å²) >= 11 is 0. The molecule has 70 valence electrons. The average Bonchev–Trinajstić information content (AvgIpc) is 2.33. The molecule has 0 aromatic rings. The molecule has 1 heterocycles. The molecule has 0 bridgehead atoms. The number of nitrogens with one attached hydrogen (secondary N) is 1. The van der Waals surface area contributed by atoms with Crippen molar-refractivity contribution in [2.75, 3.05) is 0 Å². The van der Waals surface area contributed by atoms with E-state index in [0.29, 0.717) is 0 Å². The van der Waals surface area contributed by atoms with E-state index in [-0.39, 0.29) is 12.1 Å². The van der Waals surface area contributed by atoms with Crippen molar-refractivity contribution in [2.45, 2.75) is 18.9 Å². The molecular formula is C7H9N3O3. The number of rotatable bonds is 3. The predicted octanol–water partition coefficient (Wildman–Crippen LogP) is 0.0837. The van der Waals surface area contributed by atoms with Gasteiger partial charge in [0.25, 0.3) is 0 Å². The van der Waals surface area contributed by atoms with Crippen LogP contribution in [-0.4, -0.2) is 22.1 Å². The Labute approximate surface area is 74.5 Å². The minimum absolute atomic E-state index is 0.0405. The van der Waals surface area contributed by atoms with Crippen molar-refractivity contribution in [3.8, 4) is 0 Å². The highest BCUT2D eigenvalue weighted by Gasteiger charge is 2.56. The smallest absolute Gasteiger partial charge is 0.264 e. The summed E-state index contributed by atoms with van der Waals surface area (Å²) in [6.07, 6.45) is 1.30. The third-order valence-electron chi connectivity index (χ3n) is 2.05. The summed E-state index contributed by atoms with van der Waals surface area (Å²) in [5, 5.41) is 14.3. The summed E-state index contributed by atoms with van der Waals surface area (Å²) in [5.74, 6) is -0.699. The van der Waals surface area contributed by atoms with Crippen molar-refractivity contribution < 1.29 is 9.72 Å². The molecule has 0 spiro atoms. The molecule has 0 aromatic carbocycles. The molecule has 1 aliphatic heterocycles. The zero-order valence-corrected chi connectivity index (χ0v) is 7.11. The lowest BCUT2D eigenvalue weighted by molar-refractivity contribution is -0.529. The van der Waals surface area contributed by atoms with E-state index in [1.807, 2.05) is 0 Å². The van der Waals surface area contributed by atoms with Crippen LogP contribution in [-0.2, 0) is 4.79 Å². The highest BCUT2D eigenvalue weighted by Crippen LogP contribution is 2.22. The van der Waals surface area contributed by atoms with E-state index in [4.69, 9.17) is 0 Å². The Morgan fingerprint density at radius 2 is 2.46 bits per heavy atom. The Balaban J connectivity index is 3.15. The third kappa shape index (κ3) is 1.10. The van der Waals surface area contributed by atoms with Gasteiger partial charge >= 0.3 is 11.4 Å². The van der Waals surface area contributed by atoms with Crippen molar-refractivity contribution in [1.29, 1.82) is 0 Å². The minimum atomic E-state index is -1.73. The summed E-state index contributed by atoms with van der Waals surface area (Å²) in [6, 6.07) is 0. The van der Waals surface area contributed by atoms with Crippen LogP contribution >= 0.6 is 0 Å². The van der Waals surface area contributed by atoms with Gasteiger partial charge in [0.15, 0.2) is 0 Å². The molecular weight excluding hydrogens is 174 g/mol. The molecule has 13 heavy (non-hydrogen) atoms. The zero-order chi connectivity index (χ0) is 10.1. The molecule has 0 aromatic heterocycles. The minimum Gasteiger partial charge on any atom is -0.264 e. The Kier molecular flexibility index (Phi) is 2.14. The van der Waals surface area contributed by atoms with Gasteiger partial charge in [-0.05, 0) is 6.92 Å². The van der Waals surface area contributed by atoms with E-state index in [9.17, 15) is 14.9 Å². The van der Waals surface area contributed by atoms with Gasteiger partial charge in [-0.1, -0.05) is 6.08 Å². The van der Waals surface area contributed by atoms with Gasteiger partial charge in [0.2, 0.25) is 0 Å². The molecule has 6 nitrogen and oxygen atoms in total. The quantitative estimate of drug-likeness (QED) is 0.382. The average molecular weight is 183 g/mol. The highest BCUT2D eigenvalue weighted by molar-refractivity contribution is 6.14. The molecule has 6 heteroatoms. The van der Waals surface area contributed by atoms with Crippen molar-refractivity contribution in [1.82, 2.24) is 5.43 Å². The van der Waals surface area contributed by atoms with Gasteiger partial charge < -0.3 is 0 Å². The number of nitrogens with zero attached hydrogens (tertiary/aromatic N) is 2. The van der Waals surface area contributed by atoms with Crippen LogP contribution in [0.4, 0.5) is 0 Å². The summed E-state index contributed by atoms with van der Waals surface area (Å²) in [7, 11) is 0. The Bertz CT molecular complexity index is 310.